The minimum Gasteiger partial charge on any atom is -0.476 e. The van der Waals surface area contributed by atoms with Gasteiger partial charge in [-0.2, -0.15) is 13.2 Å². The highest BCUT2D eigenvalue weighted by atomic mass is 32.1. The van der Waals surface area contributed by atoms with E-state index in [1.807, 2.05) is 0 Å². The Bertz CT molecular complexity index is 695. The van der Waals surface area contributed by atoms with Crippen molar-refractivity contribution in [1.29, 1.82) is 0 Å². The summed E-state index contributed by atoms with van der Waals surface area (Å²) in [4.78, 5) is 25.4. The normalized spacial score (nSPS) is 11.2. The van der Waals surface area contributed by atoms with Crippen LogP contribution in [0, 0.1) is 0 Å². The van der Waals surface area contributed by atoms with Gasteiger partial charge in [0.05, 0.1) is 5.01 Å². The Morgan fingerprint density at radius 1 is 1.23 bits per heavy atom. The first-order chi connectivity index (χ1) is 10.3. The maximum atomic E-state index is 12.1. The number of halogens is 3. The van der Waals surface area contributed by atoms with Crippen LogP contribution in [0.5, 0.6) is 0 Å². The molecule has 2 N–H and O–H groups in total. The summed E-state index contributed by atoms with van der Waals surface area (Å²) in [6.45, 7) is 0. The Hall–Kier alpha value is -2.42. The number of carbonyl (C=O) groups excluding carboxylic acids is 1. The number of hydrogen-bond acceptors (Lipinski definition) is 4. The maximum Gasteiger partial charge on any atom is 0.471 e. The Morgan fingerprint density at radius 2 is 1.86 bits per heavy atom. The highest BCUT2D eigenvalue weighted by molar-refractivity contribution is 7.09. The summed E-state index contributed by atoms with van der Waals surface area (Å²) in [5, 5.41) is 12.5. The van der Waals surface area contributed by atoms with Crippen LogP contribution in [0.4, 0.5) is 18.9 Å². The Labute approximate surface area is 126 Å². The van der Waals surface area contributed by atoms with Gasteiger partial charge in [-0.3, -0.25) is 4.79 Å². The topological polar surface area (TPSA) is 79.3 Å². The lowest BCUT2D eigenvalue weighted by Crippen LogP contribution is -2.29. The number of rotatable bonds is 4. The molecular weight excluding hydrogens is 321 g/mol. The lowest BCUT2D eigenvalue weighted by Gasteiger charge is -2.08. The van der Waals surface area contributed by atoms with Gasteiger partial charge in [-0.1, -0.05) is 12.1 Å². The van der Waals surface area contributed by atoms with Crippen molar-refractivity contribution in [1.82, 2.24) is 4.98 Å². The van der Waals surface area contributed by atoms with Crippen molar-refractivity contribution in [2.45, 2.75) is 12.6 Å². The van der Waals surface area contributed by atoms with Crippen molar-refractivity contribution in [2.24, 2.45) is 0 Å². The SMILES string of the molecule is O=C(O)c1csc(Cc2ccc(NC(=O)C(F)(F)F)cc2)n1. The number of aromatic carboxylic acids is 1. The third-order valence-corrected chi connectivity index (χ3v) is 3.44. The minimum atomic E-state index is -4.94. The summed E-state index contributed by atoms with van der Waals surface area (Å²) in [6, 6.07) is 5.75. The largest absolute Gasteiger partial charge is 0.476 e. The molecule has 0 unspecified atom stereocenters. The third kappa shape index (κ3) is 4.04. The molecule has 0 atom stereocenters. The second-order valence-electron chi connectivity index (χ2n) is 4.26. The van der Waals surface area contributed by atoms with Crippen LogP contribution in [0.3, 0.4) is 0 Å². The third-order valence-electron chi connectivity index (χ3n) is 2.60. The molecule has 0 aliphatic rings. The second kappa shape index (κ2) is 6.14. The van der Waals surface area contributed by atoms with Gasteiger partial charge in [-0.25, -0.2) is 9.78 Å². The number of amides is 1. The zero-order valence-corrected chi connectivity index (χ0v) is 11.7. The van der Waals surface area contributed by atoms with Gasteiger partial charge in [0.15, 0.2) is 5.69 Å². The standard InChI is InChI=1S/C13H9F3N2O3S/c14-13(15,16)12(21)17-8-3-1-7(2-4-8)5-10-18-9(6-22-10)11(19)20/h1-4,6H,5H2,(H,17,21)(H,19,20). The Kier molecular flexibility index (Phi) is 4.45. The number of hydrogen-bond donors (Lipinski definition) is 2. The Balaban J connectivity index is 2.02. The molecule has 0 bridgehead atoms. The van der Waals surface area contributed by atoms with Crippen LogP contribution in [-0.2, 0) is 11.2 Å². The first-order valence-corrected chi connectivity index (χ1v) is 6.78. The van der Waals surface area contributed by atoms with E-state index in [4.69, 9.17) is 5.11 Å². The molecule has 0 spiro atoms. The predicted octanol–water partition coefficient (Wildman–Crippen LogP) is 2.93. The van der Waals surface area contributed by atoms with E-state index in [0.29, 0.717) is 11.4 Å². The van der Waals surface area contributed by atoms with Crippen molar-refractivity contribution in [3.63, 3.8) is 0 Å². The number of alkyl halides is 3. The smallest absolute Gasteiger partial charge is 0.471 e. The summed E-state index contributed by atoms with van der Waals surface area (Å²) < 4.78 is 36.3. The number of carboxylic acid groups (broad SMARTS) is 1. The van der Waals surface area contributed by atoms with Crippen LogP contribution in [0.1, 0.15) is 21.1 Å². The number of anilines is 1. The van der Waals surface area contributed by atoms with Gasteiger partial charge in [0.25, 0.3) is 0 Å². The highest BCUT2D eigenvalue weighted by Crippen LogP contribution is 2.20. The summed E-state index contributed by atoms with van der Waals surface area (Å²) in [5.74, 6) is -3.15. The molecule has 0 saturated carbocycles. The summed E-state index contributed by atoms with van der Waals surface area (Å²) >= 11 is 1.18. The molecule has 0 aliphatic carbocycles. The number of carbonyl (C=O) groups is 2. The molecule has 22 heavy (non-hydrogen) atoms. The fourth-order valence-corrected chi connectivity index (χ4v) is 2.38. The van der Waals surface area contributed by atoms with E-state index in [9.17, 15) is 22.8 Å². The van der Waals surface area contributed by atoms with Crippen molar-refractivity contribution >= 4 is 28.9 Å². The molecule has 1 aromatic carbocycles. The van der Waals surface area contributed by atoms with Crippen molar-refractivity contribution in [2.75, 3.05) is 5.32 Å². The van der Waals surface area contributed by atoms with Crippen LogP contribution >= 0.6 is 11.3 Å². The molecule has 9 heteroatoms. The van der Waals surface area contributed by atoms with Gasteiger partial charge >= 0.3 is 18.1 Å². The van der Waals surface area contributed by atoms with Gasteiger partial charge in [0.1, 0.15) is 0 Å². The molecule has 0 fully saturated rings. The minimum absolute atomic E-state index is 0.0245. The van der Waals surface area contributed by atoms with Crippen LogP contribution < -0.4 is 5.32 Å². The van der Waals surface area contributed by atoms with Crippen molar-refractivity contribution in [3.8, 4) is 0 Å². The number of carboxylic acids is 1. The molecule has 1 amide bonds. The highest BCUT2D eigenvalue weighted by Gasteiger charge is 2.38. The average Bonchev–Trinajstić information content (AvgIpc) is 2.88. The molecule has 5 nitrogen and oxygen atoms in total. The number of thiazole rings is 1. The molecule has 1 aromatic heterocycles. The maximum absolute atomic E-state index is 12.1. The second-order valence-corrected chi connectivity index (χ2v) is 5.20. The van der Waals surface area contributed by atoms with Crippen LogP contribution in [0.25, 0.3) is 0 Å². The van der Waals surface area contributed by atoms with Crippen molar-refractivity contribution < 1.29 is 27.9 Å². The summed E-state index contributed by atoms with van der Waals surface area (Å²) in [7, 11) is 0. The monoisotopic (exact) mass is 330 g/mol. The molecule has 2 rings (SSSR count). The van der Waals surface area contributed by atoms with E-state index in [1.165, 1.54) is 41.0 Å². The molecule has 2 aromatic rings. The Morgan fingerprint density at radius 3 is 2.36 bits per heavy atom. The van der Waals surface area contributed by atoms with E-state index in [2.05, 4.69) is 4.98 Å². The lowest BCUT2D eigenvalue weighted by atomic mass is 10.1. The van der Waals surface area contributed by atoms with E-state index in [0.717, 1.165) is 5.56 Å². The molecule has 0 aliphatic heterocycles. The zero-order chi connectivity index (χ0) is 16.3. The number of aromatic nitrogens is 1. The number of nitrogens with zero attached hydrogens (tertiary/aromatic N) is 1. The number of nitrogens with one attached hydrogen (secondary N) is 1. The fourth-order valence-electron chi connectivity index (χ4n) is 1.57. The number of benzene rings is 1. The lowest BCUT2D eigenvalue weighted by molar-refractivity contribution is -0.167. The van der Waals surface area contributed by atoms with Gasteiger partial charge in [-0.05, 0) is 17.7 Å². The molecule has 116 valence electrons. The van der Waals surface area contributed by atoms with Gasteiger partial charge in [-0.15, -0.1) is 11.3 Å². The van der Waals surface area contributed by atoms with Crippen LogP contribution in [0.2, 0.25) is 0 Å². The van der Waals surface area contributed by atoms with Gasteiger partial charge < -0.3 is 10.4 Å². The first kappa shape index (κ1) is 16.0. The first-order valence-electron chi connectivity index (χ1n) is 5.90. The van der Waals surface area contributed by atoms with E-state index in [1.54, 1.807) is 5.32 Å². The van der Waals surface area contributed by atoms with Gasteiger partial charge in [0, 0.05) is 17.5 Å². The molecule has 0 radical (unpaired) electrons. The van der Waals surface area contributed by atoms with Gasteiger partial charge in [0.2, 0.25) is 0 Å². The fraction of sp³-hybridized carbons (Fsp3) is 0.154. The zero-order valence-electron chi connectivity index (χ0n) is 10.8. The van der Waals surface area contributed by atoms with Crippen LogP contribution in [0.15, 0.2) is 29.6 Å². The van der Waals surface area contributed by atoms with E-state index >= 15 is 0 Å². The molecule has 0 saturated heterocycles. The van der Waals surface area contributed by atoms with Crippen LogP contribution in [-0.4, -0.2) is 28.1 Å². The van der Waals surface area contributed by atoms with Crippen molar-refractivity contribution in [3.05, 3.63) is 45.9 Å². The quantitative estimate of drug-likeness (QED) is 0.903. The van der Waals surface area contributed by atoms with E-state index in [-0.39, 0.29) is 11.4 Å². The average molecular weight is 330 g/mol. The molecular formula is C13H9F3N2O3S. The van der Waals surface area contributed by atoms with E-state index < -0.39 is 18.1 Å². The summed E-state index contributed by atoms with van der Waals surface area (Å²) in [6.07, 6.45) is -4.59. The molecule has 1 heterocycles. The predicted molar refractivity (Wildman–Crippen MR) is 73.0 cm³/mol. The summed E-state index contributed by atoms with van der Waals surface area (Å²) in [5.41, 5.74) is 0.710.